The topological polar surface area (TPSA) is 33.3 Å². The lowest BCUT2D eigenvalue weighted by Crippen LogP contribution is -2.30. The number of para-hydroxylation sites is 1. The molecule has 1 aromatic carbocycles. The maximum absolute atomic E-state index is 5.35. The van der Waals surface area contributed by atoms with E-state index in [1.54, 1.807) is 7.11 Å². The smallest absolute Gasteiger partial charge is 0.122 e. The minimum Gasteiger partial charge on any atom is -0.496 e. The summed E-state index contributed by atoms with van der Waals surface area (Å²) in [6.45, 7) is 5.40. The first-order valence-corrected chi connectivity index (χ1v) is 6.79. The average molecular weight is 250 g/mol. The predicted molar refractivity (Wildman–Crippen MR) is 77.3 cm³/mol. The molecule has 0 spiro atoms. The number of nitrogens with one attached hydrogen (secondary N) is 2. The van der Waals surface area contributed by atoms with Crippen molar-refractivity contribution in [3.05, 3.63) is 29.8 Å². The first-order valence-electron chi connectivity index (χ1n) is 6.79. The lowest BCUT2D eigenvalue weighted by atomic mass is 10.1. The van der Waals surface area contributed by atoms with Crippen molar-refractivity contribution in [3.8, 4) is 5.75 Å². The highest BCUT2D eigenvalue weighted by atomic mass is 16.5. The zero-order chi connectivity index (χ0) is 13.2. The molecule has 0 radical (unpaired) electrons. The van der Waals surface area contributed by atoms with Gasteiger partial charge in [-0.15, -0.1) is 0 Å². The molecule has 1 aromatic rings. The van der Waals surface area contributed by atoms with Gasteiger partial charge >= 0.3 is 0 Å². The van der Waals surface area contributed by atoms with Crippen LogP contribution in [0.2, 0.25) is 0 Å². The second-order valence-electron chi connectivity index (χ2n) is 4.60. The highest BCUT2D eigenvalue weighted by molar-refractivity contribution is 5.33. The van der Waals surface area contributed by atoms with Gasteiger partial charge in [0, 0.05) is 0 Å². The molecule has 2 N–H and O–H groups in total. The molecule has 1 unspecified atom stereocenters. The van der Waals surface area contributed by atoms with Crippen LogP contribution < -0.4 is 15.4 Å². The third kappa shape index (κ3) is 5.07. The summed E-state index contributed by atoms with van der Waals surface area (Å²) in [7, 11) is 3.74. The minimum atomic E-state index is 0.715. The molecule has 1 rings (SSSR count). The van der Waals surface area contributed by atoms with E-state index in [1.807, 2.05) is 19.2 Å². The second-order valence-corrected chi connectivity index (χ2v) is 4.60. The fraction of sp³-hybridized carbons (Fsp3) is 0.600. The van der Waals surface area contributed by atoms with E-state index in [4.69, 9.17) is 4.74 Å². The molecule has 0 heterocycles. The average Bonchev–Trinajstić information content (AvgIpc) is 2.42. The van der Waals surface area contributed by atoms with Crippen molar-refractivity contribution in [2.45, 2.75) is 19.8 Å². The van der Waals surface area contributed by atoms with Crippen LogP contribution in [-0.2, 0) is 6.42 Å². The molecule has 0 aliphatic carbocycles. The molecule has 102 valence electrons. The molecule has 0 saturated carbocycles. The lowest BCUT2D eigenvalue weighted by molar-refractivity contribution is 0.407. The Morgan fingerprint density at radius 2 is 2.00 bits per heavy atom. The predicted octanol–water partition coefficient (Wildman–Crippen LogP) is 2.07. The molecular formula is C15H26N2O. The summed E-state index contributed by atoms with van der Waals surface area (Å²) < 4.78 is 5.35. The Kier molecular flexibility index (Phi) is 7.46. The van der Waals surface area contributed by atoms with Crippen molar-refractivity contribution >= 4 is 0 Å². The summed E-state index contributed by atoms with van der Waals surface area (Å²) in [4.78, 5) is 0. The highest BCUT2D eigenvalue weighted by Gasteiger charge is 2.05. The fourth-order valence-electron chi connectivity index (χ4n) is 2.09. The van der Waals surface area contributed by atoms with Crippen molar-refractivity contribution in [1.29, 1.82) is 0 Å². The van der Waals surface area contributed by atoms with Crippen molar-refractivity contribution in [1.82, 2.24) is 10.6 Å². The second kappa shape index (κ2) is 8.95. The molecule has 3 heteroatoms. The number of methoxy groups -OCH3 is 1. The molecule has 3 nitrogen and oxygen atoms in total. The van der Waals surface area contributed by atoms with E-state index in [1.165, 1.54) is 12.0 Å². The third-order valence-electron chi connectivity index (χ3n) is 3.27. The SMILES string of the molecule is CCC(CNC)CNCCc1ccccc1OC. The molecule has 0 bridgehead atoms. The van der Waals surface area contributed by atoms with Crippen molar-refractivity contribution in [2.24, 2.45) is 5.92 Å². The van der Waals surface area contributed by atoms with E-state index in [0.29, 0.717) is 5.92 Å². The summed E-state index contributed by atoms with van der Waals surface area (Å²) in [5.74, 6) is 1.70. The summed E-state index contributed by atoms with van der Waals surface area (Å²) >= 11 is 0. The van der Waals surface area contributed by atoms with Gasteiger partial charge in [-0.25, -0.2) is 0 Å². The van der Waals surface area contributed by atoms with Gasteiger partial charge in [0.05, 0.1) is 7.11 Å². The summed E-state index contributed by atoms with van der Waals surface area (Å²) in [5.41, 5.74) is 1.27. The van der Waals surface area contributed by atoms with E-state index in [2.05, 4.69) is 29.7 Å². The maximum Gasteiger partial charge on any atom is 0.122 e. The van der Waals surface area contributed by atoms with E-state index < -0.39 is 0 Å². The van der Waals surface area contributed by atoms with Gasteiger partial charge in [0.2, 0.25) is 0 Å². The first kappa shape index (κ1) is 15.0. The van der Waals surface area contributed by atoms with Gasteiger partial charge in [-0.1, -0.05) is 31.5 Å². The Morgan fingerprint density at radius 1 is 1.22 bits per heavy atom. The van der Waals surface area contributed by atoms with Crippen molar-refractivity contribution in [2.75, 3.05) is 33.8 Å². The van der Waals surface area contributed by atoms with Crippen LogP contribution in [0.1, 0.15) is 18.9 Å². The lowest BCUT2D eigenvalue weighted by Gasteiger charge is -2.15. The van der Waals surface area contributed by atoms with E-state index in [9.17, 15) is 0 Å². The molecule has 0 saturated heterocycles. The van der Waals surface area contributed by atoms with Gasteiger partial charge < -0.3 is 15.4 Å². The third-order valence-corrected chi connectivity index (χ3v) is 3.27. The maximum atomic E-state index is 5.35. The van der Waals surface area contributed by atoms with Gasteiger partial charge in [-0.05, 0) is 50.7 Å². The largest absolute Gasteiger partial charge is 0.496 e. The molecule has 0 aliphatic heterocycles. The standard InChI is InChI=1S/C15H26N2O/c1-4-13(11-16-2)12-17-10-9-14-7-5-6-8-15(14)18-3/h5-8,13,16-17H,4,9-12H2,1-3H3. The van der Waals surface area contributed by atoms with Gasteiger partial charge in [0.15, 0.2) is 0 Å². The number of hydrogen-bond acceptors (Lipinski definition) is 3. The molecule has 0 fully saturated rings. The van der Waals surface area contributed by atoms with E-state index in [0.717, 1.165) is 31.8 Å². The van der Waals surface area contributed by atoms with Gasteiger partial charge in [-0.3, -0.25) is 0 Å². The number of rotatable bonds is 9. The van der Waals surface area contributed by atoms with Crippen molar-refractivity contribution < 1.29 is 4.74 Å². The summed E-state index contributed by atoms with van der Waals surface area (Å²) in [6.07, 6.45) is 2.22. The quantitative estimate of drug-likeness (QED) is 0.658. The molecule has 0 aliphatic rings. The first-order chi connectivity index (χ1) is 8.81. The van der Waals surface area contributed by atoms with Gasteiger partial charge in [-0.2, -0.15) is 0 Å². The van der Waals surface area contributed by atoms with E-state index in [-0.39, 0.29) is 0 Å². The Bertz CT molecular complexity index is 328. The van der Waals surface area contributed by atoms with Crippen molar-refractivity contribution in [3.63, 3.8) is 0 Å². The Labute approximate surface area is 111 Å². The van der Waals surface area contributed by atoms with Crippen LogP contribution in [-0.4, -0.2) is 33.8 Å². The molecule has 0 aromatic heterocycles. The summed E-state index contributed by atoms with van der Waals surface area (Å²) in [5, 5.41) is 6.76. The number of hydrogen-bond donors (Lipinski definition) is 2. The van der Waals surface area contributed by atoms with E-state index >= 15 is 0 Å². The van der Waals surface area contributed by atoms with Gasteiger partial charge in [0.1, 0.15) is 5.75 Å². The minimum absolute atomic E-state index is 0.715. The Balaban J connectivity index is 2.28. The molecule has 1 atom stereocenters. The van der Waals surface area contributed by atoms with Crippen LogP contribution in [0, 0.1) is 5.92 Å². The zero-order valence-corrected chi connectivity index (χ0v) is 11.8. The zero-order valence-electron chi connectivity index (χ0n) is 11.8. The monoisotopic (exact) mass is 250 g/mol. The Morgan fingerprint density at radius 3 is 2.67 bits per heavy atom. The van der Waals surface area contributed by atoms with Gasteiger partial charge in [0.25, 0.3) is 0 Å². The normalized spacial score (nSPS) is 12.4. The number of benzene rings is 1. The Hall–Kier alpha value is -1.06. The van der Waals surface area contributed by atoms with Crippen LogP contribution in [0.4, 0.5) is 0 Å². The number of ether oxygens (including phenoxy) is 1. The van der Waals surface area contributed by atoms with Crippen LogP contribution in [0.25, 0.3) is 0 Å². The molecule has 0 amide bonds. The fourth-order valence-corrected chi connectivity index (χ4v) is 2.09. The molecule has 18 heavy (non-hydrogen) atoms. The van der Waals surface area contributed by atoms with Crippen LogP contribution >= 0.6 is 0 Å². The van der Waals surface area contributed by atoms with Crippen LogP contribution in [0.5, 0.6) is 5.75 Å². The highest BCUT2D eigenvalue weighted by Crippen LogP contribution is 2.17. The van der Waals surface area contributed by atoms with Crippen LogP contribution in [0.15, 0.2) is 24.3 Å². The van der Waals surface area contributed by atoms with Crippen LogP contribution in [0.3, 0.4) is 0 Å². The molecular weight excluding hydrogens is 224 g/mol. The summed E-state index contributed by atoms with van der Waals surface area (Å²) in [6, 6.07) is 8.22.